The lowest BCUT2D eigenvalue weighted by atomic mass is 10.2. The van der Waals surface area contributed by atoms with Crippen molar-refractivity contribution in [2.45, 2.75) is 13.5 Å². The average molecular weight is 251 g/mol. The Morgan fingerprint density at radius 1 is 1.56 bits per heavy atom. The van der Waals surface area contributed by atoms with Gasteiger partial charge in [-0.05, 0) is 19.1 Å². The van der Waals surface area contributed by atoms with Gasteiger partial charge in [0.15, 0.2) is 5.82 Å². The van der Waals surface area contributed by atoms with Crippen molar-refractivity contribution in [2.75, 3.05) is 0 Å². The van der Waals surface area contributed by atoms with Gasteiger partial charge in [-0.1, -0.05) is 5.16 Å². The van der Waals surface area contributed by atoms with E-state index >= 15 is 0 Å². The number of nitrogens with one attached hydrogen (secondary N) is 1. The number of carbonyl (C=O) groups excluding carboxylic acids is 1. The Labute approximate surface area is 101 Å². The maximum Gasteiger partial charge on any atom is 0.254 e. The molecule has 2 rings (SSSR count). The molecule has 6 nitrogen and oxygen atoms in total. The highest BCUT2D eigenvalue weighted by molar-refractivity contribution is 5.94. The van der Waals surface area contributed by atoms with Gasteiger partial charge in [-0.3, -0.25) is 4.79 Å². The molecule has 2 aromatic rings. The predicted molar refractivity (Wildman–Crippen MR) is 58.3 cm³/mol. The van der Waals surface area contributed by atoms with Gasteiger partial charge >= 0.3 is 0 Å². The first-order chi connectivity index (χ1) is 8.56. The van der Waals surface area contributed by atoms with E-state index in [2.05, 4.69) is 15.5 Å². The standard InChI is InChI=1S/C11H10FN3O3/c1-6-14-10(18-15-6)5-13-11(17)8-3-2-7(16)4-9(8)12/h2-4,16H,5H2,1H3,(H,13,17). The highest BCUT2D eigenvalue weighted by Gasteiger charge is 2.13. The SMILES string of the molecule is Cc1noc(CNC(=O)c2ccc(O)cc2F)n1. The van der Waals surface area contributed by atoms with Crippen molar-refractivity contribution in [2.24, 2.45) is 0 Å². The van der Waals surface area contributed by atoms with Crippen LogP contribution in [0.4, 0.5) is 4.39 Å². The molecule has 0 bridgehead atoms. The molecule has 0 atom stereocenters. The summed E-state index contributed by atoms with van der Waals surface area (Å²) in [6.07, 6.45) is 0. The van der Waals surface area contributed by atoms with E-state index in [9.17, 15) is 9.18 Å². The molecule has 0 fully saturated rings. The van der Waals surface area contributed by atoms with Crippen molar-refractivity contribution in [3.05, 3.63) is 41.3 Å². The molecular formula is C11H10FN3O3. The largest absolute Gasteiger partial charge is 0.508 e. The Bertz CT molecular complexity index is 583. The summed E-state index contributed by atoms with van der Waals surface area (Å²) >= 11 is 0. The van der Waals surface area contributed by atoms with Gasteiger partial charge < -0.3 is 14.9 Å². The molecule has 0 saturated carbocycles. The molecule has 18 heavy (non-hydrogen) atoms. The maximum atomic E-state index is 13.4. The van der Waals surface area contributed by atoms with Gasteiger partial charge in [-0.25, -0.2) is 4.39 Å². The van der Waals surface area contributed by atoms with Gasteiger partial charge in [-0.2, -0.15) is 4.98 Å². The molecule has 0 aliphatic carbocycles. The lowest BCUT2D eigenvalue weighted by Gasteiger charge is -2.03. The van der Waals surface area contributed by atoms with Crippen LogP contribution < -0.4 is 5.32 Å². The number of nitrogens with zero attached hydrogens (tertiary/aromatic N) is 2. The number of hydrogen-bond acceptors (Lipinski definition) is 5. The molecule has 1 aromatic carbocycles. The summed E-state index contributed by atoms with van der Waals surface area (Å²) in [5, 5.41) is 15.0. The van der Waals surface area contributed by atoms with Crippen LogP contribution in [0.1, 0.15) is 22.1 Å². The molecule has 7 heteroatoms. The molecule has 0 spiro atoms. The third kappa shape index (κ3) is 2.62. The van der Waals surface area contributed by atoms with E-state index in [4.69, 9.17) is 9.63 Å². The fourth-order valence-electron chi connectivity index (χ4n) is 1.35. The highest BCUT2D eigenvalue weighted by atomic mass is 19.1. The summed E-state index contributed by atoms with van der Waals surface area (Å²) in [5.74, 6) is -0.968. The molecule has 94 valence electrons. The lowest BCUT2D eigenvalue weighted by Crippen LogP contribution is -2.23. The smallest absolute Gasteiger partial charge is 0.254 e. The number of benzene rings is 1. The average Bonchev–Trinajstić information content (AvgIpc) is 2.72. The maximum absolute atomic E-state index is 13.4. The van der Waals surface area contributed by atoms with Crippen LogP contribution in [-0.4, -0.2) is 21.2 Å². The van der Waals surface area contributed by atoms with E-state index in [1.54, 1.807) is 6.92 Å². The second-order valence-corrected chi connectivity index (χ2v) is 3.58. The summed E-state index contributed by atoms with van der Waals surface area (Å²) in [4.78, 5) is 15.5. The first kappa shape index (κ1) is 12.0. The van der Waals surface area contributed by atoms with Crippen LogP contribution in [0.25, 0.3) is 0 Å². The molecular weight excluding hydrogens is 241 g/mol. The number of aryl methyl sites for hydroxylation is 1. The van der Waals surface area contributed by atoms with Crippen LogP contribution in [0.5, 0.6) is 5.75 Å². The van der Waals surface area contributed by atoms with E-state index in [1.165, 1.54) is 12.1 Å². The number of amides is 1. The molecule has 0 radical (unpaired) electrons. The number of carbonyl (C=O) groups is 1. The van der Waals surface area contributed by atoms with Crippen LogP contribution in [-0.2, 0) is 6.54 Å². The molecule has 0 aliphatic rings. The molecule has 0 aliphatic heterocycles. The van der Waals surface area contributed by atoms with Crippen molar-refractivity contribution in [3.8, 4) is 5.75 Å². The molecule has 1 heterocycles. The Morgan fingerprint density at radius 3 is 2.94 bits per heavy atom. The Balaban J connectivity index is 2.03. The quantitative estimate of drug-likeness (QED) is 0.854. The van der Waals surface area contributed by atoms with Crippen molar-refractivity contribution in [1.82, 2.24) is 15.5 Å². The number of halogens is 1. The highest BCUT2D eigenvalue weighted by Crippen LogP contribution is 2.14. The fourth-order valence-corrected chi connectivity index (χ4v) is 1.35. The second kappa shape index (κ2) is 4.82. The number of hydrogen-bond donors (Lipinski definition) is 2. The normalized spacial score (nSPS) is 10.3. The van der Waals surface area contributed by atoms with E-state index in [1.807, 2.05) is 0 Å². The van der Waals surface area contributed by atoms with Gasteiger partial charge in [0.05, 0.1) is 12.1 Å². The number of rotatable bonds is 3. The first-order valence-corrected chi connectivity index (χ1v) is 5.12. The number of aromatic nitrogens is 2. The Morgan fingerprint density at radius 2 is 2.33 bits per heavy atom. The van der Waals surface area contributed by atoms with Gasteiger partial charge in [0, 0.05) is 6.07 Å². The van der Waals surface area contributed by atoms with Crippen molar-refractivity contribution in [1.29, 1.82) is 0 Å². The number of phenolic OH excluding ortho intramolecular Hbond substituents is 1. The third-order valence-corrected chi connectivity index (χ3v) is 2.17. The third-order valence-electron chi connectivity index (χ3n) is 2.17. The minimum atomic E-state index is -0.797. The fraction of sp³-hybridized carbons (Fsp3) is 0.182. The summed E-state index contributed by atoms with van der Waals surface area (Å²) in [5.41, 5.74) is -0.163. The number of phenols is 1. The van der Waals surface area contributed by atoms with E-state index in [0.717, 1.165) is 6.07 Å². The van der Waals surface area contributed by atoms with Gasteiger partial charge in [0.1, 0.15) is 11.6 Å². The summed E-state index contributed by atoms with van der Waals surface area (Å²) < 4.78 is 18.1. The van der Waals surface area contributed by atoms with Crippen LogP contribution in [0.2, 0.25) is 0 Å². The first-order valence-electron chi connectivity index (χ1n) is 5.12. The summed E-state index contributed by atoms with van der Waals surface area (Å²) in [6, 6.07) is 3.29. The zero-order chi connectivity index (χ0) is 13.1. The van der Waals surface area contributed by atoms with Crippen molar-refractivity contribution < 1.29 is 18.8 Å². The monoisotopic (exact) mass is 251 g/mol. The Kier molecular flexibility index (Phi) is 3.22. The minimum absolute atomic E-state index is 0.0139. The molecule has 1 amide bonds. The topological polar surface area (TPSA) is 88.2 Å². The number of aromatic hydroxyl groups is 1. The van der Waals surface area contributed by atoms with Crippen molar-refractivity contribution in [3.63, 3.8) is 0 Å². The lowest BCUT2D eigenvalue weighted by molar-refractivity contribution is 0.0942. The van der Waals surface area contributed by atoms with Gasteiger partial charge in [-0.15, -0.1) is 0 Å². The molecule has 0 saturated heterocycles. The molecule has 1 aromatic heterocycles. The van der Waals surface area contributed by atoms with Crippen LogP contribution in [0.15, 0.2) is 22.7 Å². The minimum Gasteiger partial charge on any atom is -0.508 e. The van der Waals surface area contributed by atoms with Gasteiger partial charge in [0.2, 0.25) is 5.89 Å². The molecule has 0 unspecified atom stereocenters. The van der Waals surface area contributed by atoms with Crippen LogP contribution in [0, 0.1) is 12.7 Å². The zero-order valence-corrected chi connectivity index (χ0v) is 9.48. The zero-order valence-electron chi connectivity index (χ0n) is 9.48. The summed E-state index contributed by atoms with van der Waals surface area (Å²) in [6.45, 7) is 1.66. The van der Waals surface area contributed by atoms with E-state index in [-0.39, 0.29) is 23.7 Å². The molecule has 2 N–H and O–H groups in total. The van der Waals surface area contributed by atoms with Crippen molar-refractivity contribution >= 4 is 5.91 Å². The van der Waals surface area contributed by atoms with Crippen LogP contribution in [0.3, 0.4) is 0 Å². The predicted octanol–water partition coefficient (Wildman–Crippen LogP) is 1.15. The summed E-state index contributed by atoms with van der Waals surface area (Å²) in [7, 11) is 0. The van der Waals surface area contributed by atoms with E-state index < -0.39 is 11.7 Å². The van der Waals surface area contributed by atoms with Crippen LogP contribution >= 0.6 is 0 Å². The van der Waals surface area contributed by atoms with Gasteiger partial charge in [0.25, 0.3) is 5.91 Å². The Hall–Kier alpha value is -2.44. The second-order valence-electron chi connectivity index (χ2n) is 3.58. The van der Waals surface area contributed by atoms with E-state index in [0.29, 0.717) is 5.82 Å².